The van der Waals surface area contributed by atoms with Crippen molar-refractivity contribution >= 4 is 11.8 Å². The summed E-state index contributed by atoms with van der Waals surface area (Å²) in [4.78, 5) is 34.7. The third kappa shape index (κ3) is 2.67. The van der Waals surface area contributed by atoms with E-state index in [1.807, 2.05) is 6.07 Å². The molecule has 1 aliphatic carbocycles. The van der Waals surface area contributed by atoms with Crippen molar-refractivity contribution < 1.29 is 9.59 Å². The van der Waals surface area contributed by atoms with Crippen LogP contribution in [0.1, 0.15) is 35.1 Å². The van der Waals surface area contributed by atoms with Gasteiger partial charge in [0.15, 0.2) is 0 Å². The first kappa shape index (κ1) is 13.9. The molecule has 1 aliphatic heterocycles. The molecule has 8 nitrogen and oxygen atoms in total. The molecule has 1 fully saturated rings. The van der Waals surface area contributed by atoms with Gasteiger partial charge in [0.25, 0.3) is 5.91 Å². The summed E-state index contributed by atoms with van der Waals surface area (Å²) in [6, 6.07) is 1.59. The van der Waals surface area contributed by atoms with E-state index in [0.29, 0.717) is 6.54 Å². The molecule has 0 spiro atoms. The van der Waals surface area contributed by atoms with Crippen LogP contribution in [0.25, 0.3) is 0 Å². The van der Waals surface area contributed by atoms with Crippen molar-refractivity contribution in [2.24, 2.45) is 0 Å². The van der Waals surface area contributed by atoms with E-state index in [1.165, 1.54) is 18.6 Å². The van der Waals surface area contributed by atoms with Crippen LogP contribution in [0.5, 0.6) is 0 Å². The van der Waals surface area contributed by atoms with Crippen molar-refractivity contribution in [1.82, 2.24) is 30.0 Å². The van der Waals surface area contributed by atoms with E-state index >= 15 is 0 Å². The van der Waals surface area contributed by atoms with E-state index in [2.05, 4.69) is 20.4 Å². The molecule has 1 atom stereocenters. The smallest absolute Gasteiger partial charge is 0.274 e. The number of hydrogen-bond donors (Lipinski definition) is 1. The summed E-state index contributed by atoms with van der Waals surface area (Å²) in [5.41, 5.74) is 1.12. The normalized spacial score (nSPS) is 20.0. The molecule has 0 radical (unpaired) electrons. The molecule has 2 aromatic rings. The van der Waals surface area contributed by atoms with E-state index < -0.39 is 6.04 Å². The van der Waals surface area contributed by atoms with Gasteiger partial charge in [-0.05, 0) is 18.9 Å². The van der Waals surface area contributed by atoms with Gasteiger partial charge in [-0.2, -0.15) is 5.10 Å². The summed E-state index contributed by atoms with van der Waals surface area (Å²) in [6.45, 7) is 0.686. The van der Waals surface area contributed by atoms with Crippen LogP contribution in [-0.4, -0.2) is 49.0 Å². The summed E-state index contributed by atoms with van der Waals surface area (Å²) < 4.78 is 1.71. The zero-order chi connectivity index (χ0) is 15.8. The SMILES string of the molecule is O=C(NC1CC1)[C@H]1CN(C(=O)c2cnccn2)Cc2ccnn21. The maximum absolute atomic E-state index is 12.6. The van der Waals surface area contributed by atoms with Crippen molar-refractivity contribution in [2.45, 2.75) is 31.5 Å². The topological polar surface area (TPSA) is 93.0 Å². The lowest BCUT2D eigenvalue weighted by Crippen LogP contribution is -2.47. The Morgan fingerprint density at radius 2 is 2.09 bits per heavy atom. The van der Waals surface area contributed by atoms with Gasteiger partial charge < -0.3 is 10.2 Å². The molecule has 8 heteroatoms. The van der Waals surface area contributed by atoms with Crippen LogP contribution in [-0.2, 0) is 11.3 Å². The number of rotatable bonds is 3. The van der Waals surface area contributed by atoms with Gasteiger partial charge in [-0.1, -0.05) is 0 Å². The lowest BCUT2D eigenvalue weighted by Gasteiger charge is -2.32. The van der Waals surface area contributed by atoms with Crippen LogP contribution < -0.4 is 5.32 Å². The van der Waals surface area contributed by atoms with Crippen LogP contribution in [0.2, 0.25) is 0 Å². The Labute approximate surface area is 132 Å². The average Bonchev–Trinajstić information content (AvgIpc) is 3.27. The quantitative estimate of drug-likeness (QED) is 0.871. The standard InChI is InChI=1S/C15H16N6O2/c22-14(19-10-1-2-10)13-9-20(8-11-3-4-18-21(11)13)15(23)12-7-16-5-6-17-12/h3-7,10,13H,1-2,8-9H2,(H,19,22)/t13-/m1/s1. The van der Waals surface area contributed by atoms with E-state index in [-0.39, 0.29) is 30.1 Å². The highest BCUT2D eigenvalue weighted by atomic mass is 16.2. The maximum atomic E-state index is 12.6. The van der Waals surface area contributed by atoms with Crippen molar-refractivity contribution in [1.29, 1.82) is 0 Å². The number of carbonyl (C=O) groups is 2. The molecule has 2 aliphatic rings. The van der Waals surface area contributed by atoms with Crippen LogP contribution in [0.3, 0.4) is 0 Å². The fourth-order valence-corrected chi connectivity index (χ4v) is 2.74. The predicted octanol–water partition coefficient (Wildman–Crippen LogP) is 0.149. The summed E-state index contributed by atoms with van der Waals surface area (Å²) in [5.74, 6) is -0.316. The maximum Gasteiger partial charge on any atom is 0.274 e. The molecule has 0 bridgehead atoms. The highest BCUT2D eigenvalue weighted by Crippen LogP contribution is 2.24. The number of carbonyl (C=O) groups excluding carboxylic acids is 2. The van der Waals surface area contributed by atoms with Crippen molar-refractivity contribution in [3.05, 3.63) is 42.2 Å². The van der Waals surface area contributed by atoms with Crippen molar-refractivity contribution in [3.8, 4) is 0 Å². The molecule has 3 heterocycles. The van der Waals surface area contributed by atoms with Crippen LogP contribution in [0.15, 0.2) is 30.9 Å². The van der Waals surface area contributed by atoms with Crippen LogP contribution in [0, 0.1) is 0 Å². The van der Waals surface area contributed by atoms with E-state index in [4.69, 9.17) is 0 Å². The number of hydrogen-bond acceptors (Lipinski definition) is 5. The molecule has 1 N–H and O–H groups in total. The van der Waals surface area contributed by atoms with E-state index in [9.17, 15) is 9.59 Å². The number of aromatic nitrogens is 4. The first-order valence-electron chi connectivity index (χ1n) is 7.60. The van der Waals surface area contributed by atoms with Gasteiger partial charge in [0.2, 0.25) is 5.91 Å². The minimum Gasteiger partial charge on any atom is -0.351 e. The molecule has 4 rings (SSSR count). The minimum atomic E-state index is -0.505. The molecule has 0 aromatic carbocycles. The van der Waals surface area contributed by atoms with Gasteiger partial charge in [-0.25, -0.2) is 4.98 Å². The average molecular weight is 312 g/mol. The van der Waals surface area contributed by atoms with Crippen LogP contribution in [0.4, 0.5) is 0 Å². The number of nitrogens with one attached hydrogen (secondary N) is 1. The van der Waals surface area contributed by atoms with Gasteiger partial charge in [0.1, 0.15) is 11.7 Å². The second-order valence-electron chi connectivity index (χ2n) is 5.84. The van der Waals surface area contributed by atoms with E-state index in [1.54, 1.807) is 15.8 Å². The Balaban J connectivity index is 1.59. The number of fused-ring (bicyclic) bond motifs is 1. The Morgan fingerprint density at radius 1 is 1.22 bits per heavy atom. The van der Waals surface area contributed by atoms with Gasteiger partial charge in [0, 0.05) is 24.6 Å². The summed E-state index contributed by atoms with van der Waals surface area (Å²) in [7, 11) is 0. The Morgan fingerprint density at radius 3 is 2.83 bits per heavy atom. The van der Waals surface area contributed by atoms with Gasteiger partial charge in [0.05, 0.1) is 25.0 Å². The monoisotopic (exact) mass is 312 g/mol. The van der Waals surface area contributed by atoms with Crippen molar-refractivity contribution in [2.75, 3.05) is 6.54 Å². The molecule has 0 unspecified atom stereocenters. The Bertz CT molecular complexity index is 739. The molecule has 118 valence electrons. The third-order valence-corrected chi connectivity index (χ3v) is 4.09. The van der Waals surface area contributed by atoms with Gasteiger partial charge in [-0.3, -0.25) is 19.3 Å². The zero-order valence-corrected chi connectivity index (χ0v) is 12.4. The molecule has 2 amide bonds. The Kier molecular flexibility index (Phi) is 3.29. The molecule has 1 saturated carbocycles. The molecular formula is C15H16N6O2. The minimum absolute atomic E-state index is 0.0888. The summed E-state index contributed by atoms with van der Waals surface area (Å²) in [6.07, 6.45) is 8.14. The number of amides is 2. The van der Waals surface area contributed by atoms with E-state index in [0.717, 1.165) is 18.5 Å². The van der Waals surface area contributed by atoms with Gasteiger partial charge >= 0.3 is 0 Å². The fourth-order valence-electron chi connectivity index (χ4n) is 2.74. The predicted molar refractivity (Wildman–Crippen MR) is 79.2 cm³/mol. The first-order chi connectivity index (χ1) is 11.2. The second-order valence-corrected chi connectivity index (χ2v) is 5.84. The zero-order valence-electron chi connectivity index (χ0n) is 12.4. The summed E-state index contributed by atoms with van der Waals surface area (Å²) >= 11 is 0. The first-order valence-corrected chi connectivity index (χ1v) is 7.60. The highest BCUT2D eigenvalue weighted by molar-refractivity contribution is 5.92. The second kappa shape index (κ2) is 5.45. The molecule has 2 aromatic heterocycles. The molecular weight excluding hydrogens is 296 g/mol. The van der Waals surface area contributed by atoms with Gasteiger partial charge in [-0.15, -0.1) is 0 Å². The van der Waals surface area contributed by atoms with Crippen LogP contribution >= 0.6 is 0 Å². The highest BCUT2D eigenvalue weighted by Gasteiger charge is 2.36. The largest absolute Gasteiger partial charge is 0.351 e. The number of nitrogens with zero attached hydrogens (tertiary/aromatic N) is 5. The lowest BCUT2D eigenvalue weighted by molar-refractivity contribution is -0.125. The van der Waals surface area contributed by atoms with Crippen molar-refractivity contribution in [3.63, 3.8) is 0 Å². The molecule has 23 heavy (non-hydrogen) atoms. The lowest BCUT2D eigenvalue weighted by atomic mass is 10.1. The third-order valence-electron chi connectivity index (χ3n) is 4.09. The molecule has 0 saturated heterocycles. The Hall–Kier alpha value is -2.77. The fraction of sp³-hybridized carbons (Fsp3) is 0.400. The summed E-state index contributed by atoms with van der Waals surface area (Å²) in [5, 5.41) is 7.23.